The van der Waals surface area contributed by atoms with E-state index in [1.807, 2.05) is 0 Å². The van der Waals surface area contributed by atoms with E-state index in [1.165, 1.54) is 25.3 Å². The molecule has 6 nitrogen and oxygen atoms in total. The lowest BCUT2D eigenvalue weighted by atomic mass is 10.2. The molecule has 0 aliphatic heterocycles. The first-order chi connectivity index (χ1) is 10.1. The van der Waals surface area contributed by atoms with Crippen molar-refractivity contribution in [2.45, 2.75) is 6.61 Å². The molecule has 0 saturated carbocycles. The summed E-state index contributed by atoms with van der Waals surface area (Å²) >= 11 is 5.97. The predicted octanol–water partition coefficient (Wildman–Crippen LogP) is 3.54. The minimum atomic E-state index is -0.574. The van der Waals surface area contributed by atoms with Crippen LogP contribution in [0.15, 0.2) is 36.4 Å². The van der Waals surface area contributed by atoms with Gasteiger partial charge in [-0.3, -0.25) is 10.1 Å². The van der Waals surface area contributed by atoms with Crippen molar-refractivity contribution in [3.05, 3.63) is 57.1 Å². The van der Waals surface area contributed by atoms with E-state index in [1.54, 1.807) is 18.2 Å². The fourth-order valence-corrected chi connectivity index (χ4v) is 1.96. The fraction of sp³-hybridized carbons (Fsp3) is 0.143. The Labute approximate surface area is 125 Å². The van der Waals surface area contributed by atoms with Crippen LogP contribution >= 0.6 is 11.6 Å². The highest BCUT2D eigenvalue weighted by Crippen LogP contribution is 2.40. The van der Waals surface area contributed by atoms with Crippen molar-refractivity contribution in [1.29, 1.82) is 0 Å². The van der Waals surface area contributed by atoms with Gasteiger partial charge in [0, 0.05) is 6.07 Å². The number of para-hydroxylation sites is 1. The third-order valence-corrected chi connectivity index (χ3v) is 3.06. The largest absolute Gasteiger partial charge is 0.493 e. The van der Waals surface area contributed by atoms with Crippen LogP contribution in [0.4, 0.5) is 5.69 Å². The average Bonchev–Trinajstić information content (AvgIpc) is 2.49. The number of hydrogen-bond donors (Lipinski definition) is 1. The number of nitrogens with zero attached hydrogens (tertiary/aromatic N) is 1. The Hall–Kier alpha value is -2.31. The predicted molar refractivity (Wildman–Crippen MR) is 77.1 cm³/mol. The number of nitro benzene ring substituents is 1. The summed E-state index contributed by atoms with van der Waals surface area (Å²) in [6, 6.07) is 9.03. The lowest BCUT2D eigenvalue weighted by Gasteiger charge is -2.12. The maximum Gasteiger partial charge on any atom is 0.313 e. The highest BCUT2D eigenvalue weighted by atomic mass is 35.5. The third-order valence-electron chi connectivity index (χ3n) is 2.77. The average molecular weight is 310 g/mol. The first-order valence-electron chi connectivity index (χ1n) is 5.95. The number of ether oxygens (including phenoxy) is 2. The Balaban J connectivity index is 2.45. The molecule has 110 valence electrons. The van der Waals surface area contributed by atoms with Gasteiger partial charge in [0.15, 0.2) is 11.5 Å². The smallest absolute Gasteiger partial charge is 0.313 e. The molecule has 1 N–H and O–H groups in total. The molecule has 7 heteroatoms. The number of benzene rings is 2. The van der Waals surface area contributed by atoms with Gasteiger partial charge in [0.25, 0.3) is 0 Å². The SMILES string of the molecule is COc1cc(CO)ccc1Oc1c(Cl)cccc1[N+](=O)[O-]. The molecule has 0 aromatic heterocycles. The molecule has 0 aliphatic rings. The van der Waals surface area contributed by atoms with Crippen molar-refractivity contribution >= 4 is 17.3 Å². The zero-order valence-corrected chi connectivity index (χ0v) is 11.8. The monoisotopic (exact) mass is 309 g/mol. The molecule has 0 atom stereocenters. The van der Waals surface area contributed by atoms with Crippen LogP contribution < -0.4 is 9.47 Å². The van der Waals surface area contributed by atoms with Crippen molar-refractivity contribution in [2.24, 2.45) is 0 Å². The number of aliphatic hydroxyl groups is 1. The second-order valence-electron chi connectivity index (χ2n) is 4.09. The van der Waals surface area contributed by atoms with E-state index in [0.29, 0.717) is 11.3 Å². The van der Waals surface area contributed by atoms with E-state index >= 15 is 0 Å². The second-order valence-corrected chi connectivity index (χ2v) is 4.50. The van der Waals surface area contributed by atoms with E-state index in [-0.39, 0.29) is 28.8 Å². The molecule has 0 aliphatic carbocycles. The van der Waals surface area contributed by atoms with Crippen molar-refractivity contribution in [2.75, 3.05) is 7.11 Å². The van der Waals surface area contributed by atoms with Gasteiger partial charge in [-0.05, 0) is 23.8 Å². The summed E-state index contributed by atoms with van der Waals surface area (Å²) in [7, 11) is 1.43. The van der Waals surface area contributed by atoms with Gasteiger partial charge in [-0.15, -0.1) is 0 Å². The Morgan fingerprint density at radius 3 is 2.67 bits per heavy atom. The summed E-state index contributed by atoms with van der Waals surface area (Å²) in [6.07, 6.45) is 0. The first kappa shape index (κ1) is 15.1. The highest BCUT2D eigenvalue weighted by Gasteiger charge is 2.20. The standard InChI is InChI=1S/C14H12ClNO5/c1-20-13-7-9(8-17)5-6-12(13)21-14-10(15)3-2-4-11(14)16(18)19/h2-7,17H,8H2,1H3. The number of nitro groups is 1. The molecule has 0 amide bonds. The summed E-state index contributed by atoms with van der Waals surface area (Å²) in [4.78, 5) is 10.4. The van der Waals surface area contributed by atoms with Crippen LogP contribution in [0.2, 0.25) is 5.02 Å². The van der Waals surface area contributed by atoms with Gasteiger partial charge in [-0.25, -0.2) is 0 Å². The third kappa shape index (κ3) is 3.24. The maximum absolute atomic E-state index is 11.0. The quantitative estimate of drug-likeness (QED) is 0.674. The normalized spacial score (nSPS) is 10.2. The van der Waals surface area contributed by atoms with Crippen molar-refractivity contribution in [3.8, 4) is 17.2 Å². The lowest BCUT2D eigenvalue weighted by molar-refractivity contribution is -0.385. The number of hydrogen-bond acceptors (Lipinski definition) is 5. The van der Waals surface area contributed by atoms with Crippen LogP contribution in [0.3, 0.4) is 0 Å². The fourth-order valence-electron chi connectivity index (χ4n) is 1.75. The molecule has 2 rings (SSSR count). The van der Waals surface area contributed by atoms with Crippen LogP contribution in [0.5, 0.6) is 17.2 Å². The first-order valence-corrected chi connectivity index (χ1v) is 6.33. The van der Waals surface area contributed by atoms with Gasteiger partial charge in [0.2, 0.25) is 5.75 Å². The van der Waals surface area contributed by atoms with Gasteiger partial charge in [0.05, 0.1) is 23.7 Å². The molecule has 21 heavy (non-hydrogen) atoms. The minimum Gasteiger partial charge on any atom is -0.493 e. The Morgan fingerprint density at radius 1 is 1.29 bits per heavy atom. The molecule has 0 fully saturated rings. The van der Waals surface area contributed by atoms with Crippen molar-refractivity contribution < 1.29 is 19.5 Å². The summed E-state index contributed by atoms with van der Waals surface area (Å²) < 4.78 is 10.7. The number of aliphatic hydroxyl groups excluding tert-OH is 1. The van der Waals surface area contributed by atoms with Crippen LogP contribution in [0, 0.1) is 10.1 Å². The van der Waals surface area contributed by atoms with Gasteiger partial charge in [-0.1, -0.05) is 23.7 Å². The second kappa shape index (κ2) is 6.43. The van der Waals surface area contributed by atoms with Crippen LogP contribution in [-0.4, -0.2) is 17.1 Å². The molecular formula is C14H12ClNO5. The molecule has 0 radical (unpaired) electrons. The summed E-state index contributed by atoms with van der Waals surface area (Å²) in [5, 5.41) is 20.2. The summed E-state index contributed by atoms with van der Waals surface area (Å²) in [5.41, 5.74) is 0.392. The van der Waals surface area contributed by atoms with E-state index in [9.17, 15) is 10.1 Å². The number of methoxy groups -OCH3 is 1. The van der Waals surface area contributed by atoms with Gasteiger partial charge in [0.1, 0.15) is 0 Å². The van der Waals surface area contributed by atoms with Crippen LogP contribution in [0.1, 0.15) is 5.56 Å². The summed E-state index contributed by atoms with van der Waals surface area (Å²) in [5.74, 6) is 0.556. The molecule has 0 bridgehead atoms. The van der Waals surface area contributed by atoms with E-state index in [2.05, 4.69) is 0 Å². The molecular weight excluding hydrogens is 298 g/mol. The number of rotatable bonds is 5. The Bertz CT molecular complexity index is 674. The Kier molecular flexibility index (Phi) is 4.62. The minimum absolute atomic E-state index is 0.0563. The molecule has 0 unspecified atom stereocenters. The van der Waals surface area contributed by atoms with Gasteiger partial charge >= 0.3 is 5.69 Å². The zero-order chi connectivity index (χ0) is 15.4. The molecule has 2 aromatic carbocycles. The molecule has 0 spiro atoms. The highest BCUT2D eigenvalue weighted by molar-refractivity contribution is 6.32. The zero-order valence-electron chi connectivity index (χ0n) is 11.1. The van der Waals surface area contributed by atoms with Gasteiger partial charge in [-0.2, -0.15) is 0 Å². The van der Waals surface area contributed by atoms with Gasteiger partial charge < -0.3 is 14.6 Å². The maximum atomic E-state index is 11.0. The van der Waals surface area contributed by atoms with E-state index in [0.717, 1.165) is 0 Å². The summed E-state index contributed by atoms with van der Waals surface area (Å²) in [6.45, 7) is -0.150. The number of halogens is 1. The molecule has 0 saturated heterocycles. The van der Waals surface area contributed by atoms with Crippen LogP contribution in [0.25, 0.3) is 0 Å². The van der Waals surface area contributed by atoms with Crippen molar-refractivity contribution in [1.82, 2.24) is 0 Å². The van der Waals surface area contributed by atoms with Crippen LogP contribution in [-0.2, 0) is 6.61 Å². The van der Waals surface area contributed by atoms with E-state index < -0.39 is 4.92 Å². The molecule has 0 heterocycles. The van der Waals surface area contributed by atoms with E-state index in [4.69, 9.17) is 26.2 Å². The lowest BCUT2D eigenvalue weighted by Crippen LogP contribution is -1.96. The Morgan fingerprint density at radius 2 is 2.05 bits per heavy atom. The topological polar surface area (TPSA) is 81.8 Å². The van der Waals surface area contributed by atoms with Crippen molar-refractivity contribution in [3.63, 3.8) is 0 Å². The molecule has 2 aromatic rings.